The van der Waals surface area contributed by atoms with Gasteiger partial charge in [-0.25, -0.2) is 0 Å². The van der Waals surface area contributed by atoms with Gasteiger partial charge in [-0.15, -0.1) is 11.8 Å². The van der Waals surface area contributed by atoms with Gasteiger partial charge in [0.1, 0.15) is 0 Å². The van der Waals surface area contributed by atoms with E-state index in [2.05, 4.69) is 15.9 Å². The van der Waals surface area contributed by atoms with Gasteiger partial charge in [0.2, 0.25) is 0 Å². The van der Waals surface area contributed by atoms with E-state index in [1.165, 1.54) is 17.7 Å². The third-order valence-electron chi connectivity index (χ3n) is 3.80. The number of nitrogens with zero attached hydrogens (tertiary/aromatic N) is 1. The lowest BCUT2D eigenvalue weighted by atomic mass is 9.94. The maximum atomic E-state index is 12.5. The molecule has 1 aromatic rings. The number of benzene rings is 1. The first kappa shape index (κ1) is 14.9. The van der Waals surface area contributed by atoms with Crippen LogP contribution < -0.4 is 0 Å². The van der Waals surface area contributed by atoms with Crippen LogP contribution in [0.3, 0.4) is 0 Å². The van der Waals surface area contributed by atoms with Crippen molar-refractivity contribution >= 4 is 33.6 Å². The summed E-state index contributed by atoms with van der Waals surface area (Å²) < 4.78 is 0. The van der Waals surface area contributed by atoms with Crippen LogP contribution in [0.2, 0.25) is 0 Å². The maximum absolute atomic E-state index is 12.5. The van der Waals surface area contributed by atoms with Gasteiger partial charge in [0, 0.05) is 28.4 Å². The van der Waals surface area contributed by atoms with Crippen LogP contribution in [-0.4, -0.2) is 35.0 Å². The van der Waals surface area contributed by atoms with Gasteiger partial charge < -0.3 is 4.90 Å². The summed E-state index contributed by atoms with van der Waals surface area (Å²) in [5.74, 6) is 0.129. The van der Waals surface area contributed by atoms with Gasteiger partial charge >= 0.3 is 0 Å². The van der Waals surface area contributed by atoms with E-state index >= 15 is 0 Å². The van der Waals surface area contributed by atoms with Gasteiger partial charge in [0.25, 0.3) is 5.91 Å². The molecule has 0 aliphatic heterocycles. The molecule has 1 aliphatic rings. The SMILES string of the molecule is CSc1ccc(C(=O)N(C)C2CCCCC2Br)cc1. The summed E-state index contributed by atoms with van der Waals surface area (Å²) in [4.78, 5) is 16.0. The molecular formula is C15H20BrNOS. The van der Waals surface area contributed by atoms with E-state index in [0.717, 1.165) is 18.4 Å². The zero-order chi connectivity index (χ0) is 13.8. The molecule has 19 heavy (non-hydrogen) atoms. The largest absolute Gasteiger partial charge is 0.338 e. The Hall–Kier alpha value is -0.480. The molecule has 0 N–H and O–H groups in total. The zero-order valence-electron chi connectivity index (χ0n) is 11.4. The Bertz CT molecular complexity index is 434. The van der Waals surface area contributed by atoms with E-state index in [-0.39, 0.29) is 5.91 Å². The maximum Gasteiger partial charge on any atom is 0.253 e. The van der Waals surface area contributed by atoms with Crippen LogP contribution >= 0.6 is 27.7 Å². The van der Waals surface area contributed by atoms with Crippen molar-refractivity contribution < 1.29 is 4.79 Å². The Balaban J connectivity index is 2.08. The first-order valence-electron chi connectivity index (χ1n) is 6.68. The van der Waals surface area contributed by atoms with Gasteiger partial charge in [-0.3, -0.25) is 4.79 Å². The van der Waals surface area contributed by atoms with E-state index in [1.54, 1.807) is 11.8 Å². The molecule has 1 saturated carbocycles. The molecule has 1 aromatic carbocycles. The van der Waals surface area contributed by atoms with Gasteiger partial charge in [-0.1, -0.05) is 28.8 Å². The van der Waals surface area contributed by atoms with E-state index in [0.29, 0.717) is 10.9 Å². The highest BCUT2D eigenvalue weighted by atomic mass is 79.9. The highest BCUT2D eigenvalue weighted by molar-refractivity contribution is 9.09. The number of hydrogen-bond donors (Lipinski definition) is 0. The highest BCUT2D eigenvalue weighted by Crippen LogP contribution is 2.28. The van der Waals surface area contributed by atoms with E-state index in [9.17, 15) is 4.79 Å². The molecule has 2 unspecified atom stereocenters. The van der Waals surface area contributed by atoms with Crippen molar-refractivity contribution in [1.29, 1.82) is 0 Å². The summed E-state index contributed by atoms with van der Waals surface area (Å²) >= 11 is 5.42. The number of amides is 1. The minimum atomic E-state index is 0.129. The van der Waals surface area contributed by atoms with Crippen molar-refractivity contribution in [2.24, 2.45) is 0 Å². The van der Waals surface area contributed by atoms with Gasteiger partial charge in [-0.2, -0.15) is 0 Å². The lowest BCUT2D eigenvalue weighted by Gasteiger charge is -2.35. The fraction of sp³-hybridized carbons (Fsp3) is 0.533. The topological polar surface area (TPSA) is 20.3 Å². The number of hydrogen-bond acceptors (Lipinski definition) is 2. The van der Waals surface area contributed by atoms with Crippen LogP contribution in [-0.2, 0) is 0 Å². The average molecular weight is 342 g/mol. The molecule has 2 rings (SSSR count). The van der Waals surface area contributed by atoms with Crippen LogP contribution in [0, 0.1) is 0 Å². The molecule has 1 fully saturated rings. The molecule has 0 saturated heterocycles. The summed E-state index contributed by atoms with van der Waals surface area (Å²) in [6.07, 6.45) is 6.78. The molecule has 1 amide bonds. The normalized spacial score (nSPS) is 23.1. The van der Waals surface area contributed by atoms with Crippen molar-refractivity contribution in [3.63, 3.8) is 0 Å². The first-order valence-corrected chi connectivity index (χ1v) is 8.83. The van der Waals surface area contributed by atoms with Crippen LogP contribution in [0.25, 0.3) is 0 Å². The van der Waals surface area contributed by atoms with Crippen LogP contribution in [0.15, 0.2) is 29.2 Å². The lowest BCUT2D eigenvalue weighted by molar-refractivity contribution is 0.0704. The Morgan fingerprint density at radius 2 is 1.89 bits per heavy atom. The molecule has 2 atom stereocenters. The van der Waals surface area contributed by atoms with Crippen molar-refractivity contribution in [3.05, 3.63) is 29.8 Å². The van der Waals surface area contributed by atoms with Gasteiger partial charge in [0.05, 0.1) is 0 Å². The van der Waals surface area contributed by atoms with Crippen LogP contribution in [0.1, 0.15) is 36.0 Å². The smallest absolute Gasteiger partial charge is 0.253 e. The molecular weight excluding hydrogens is 322 g/mol. The Labute approximate surface area is 128 Å². The summed E-state index contributed by atoms with van der Waals surface area (Å²) in [5.41, 5.74) is 0.783. The minimum Gasteiger partial charge on any atom is -0.338 e. The second-order valence-corrected chi connectivity index (χ2v) is 7.07. The summed E-state index contributed by atoms with van der Waals surface area (Å²) in [6, 6.07) is 8.20. The average Bonchev–Trinajstić information content (AvgIpc) is 2.46. The standard InChI is InChI=1S/C15H20BrNOS/c1-17(14-6-4-3-5-13(14)16)15(18)11-7-9-12(19-2)10-8-11/h7-10,13-14H,3-6H2,1-2H3. The number of carbonyl (C=O) groups is 1. The molecule has 2 nitrogen and oxygen atoms in total. The number of rotatable bonds is 3. The summed E-state index contributed by atoms with van der Waals surface area (Å²) in [7, 11) is 1.93. The summed E-state index contributed by atoms with van der Waals surface area (Å²) in [5, 5.41) is 0. The molecule has 0 aromatic heterocycles. The highest BCUT2D eigenvalue weighted by Gasteiger charge is 2.29. The molecule has 0 radical (unpaired) electrons. The Kier molecular flexibility index (Phi) is 5.34. The number of halogens is 1. The van der Waals surface area contributed by atoms with Crippen molar-refractivity contribution in [3.8, 4) is 0 Å². The van der Waals surface area contributed by atoms with Gasteiger partial charge in [-0.05, 0) is 43.4 Å². The molecule has 1 aliphatic carbocycles. The Morgan fingerprint density at radius 3 is 2.47 bits per heavy atom. The van der Waals surface area contributed by atoms with Crippen LogP contribution in [0.4, 0.5) is 0 Å². The van der Waals surface area contributed by atoms with E-state index in [4.69, 9.17) is 0 Å². The quantitative estimate of drug-likeness (QED) is 0.606. The van der Waals surface area contributed by atoms with Crippen molar-refractivity contribution in [1.82, 2.24) is 4.90 Å². The third kappa shape index (κ3) is 3.54. The number of alkyl halides is 1. The molecule has 0 bridgehead atoms. The predicted octanol–water partition coefficient (Wildman–Crippen LogP) is 4.19. The van der Waals surface area contributed by atoms with E-state index < -0.39 is 0 Å². The third-order valence-corrected chi connectivity index (χ3v) is 5.61. The molecule has 0 spiro atoms. The van der Waals surface area contributed by atoms with Crippen molar-refractivity contribution in [2.75, 3.05) is 13.3 Å². The number of carbonyl (C=O) groups excluding carboxylic acids is 1. The monoisotopic (exact) mass is 341 g/mol. The second-order valence-electron chi connectivity index (χ2n) is 5.01. The van der Waals surface area contributed by atoms with E-state index in [1.807, 2.05) is 42.5 Å². The number of thioether (sulfide) groups is 1. The molecule has 104 valence electrons. The predicted molar refractivity (Wildman–Crippen MR) is 85.3 cm³/mol. The van der Waals surface area contributed by atoms with Crippen LogP contribution in [0.5, 0.6) is 0 Å². The first-order chi connectivity index (χ1) is 9.13. The summed E-state index contributed by atoms with van der Waals surface area (Å²) in [6.45, 7) is 0. The van der Waals surface area contributed by atoms with Crippen molar-refractivity contribution in [2.45, 2.75) is 41.4 Å². The zero-order valence-corrected chi connectivity index (χ0v) is 13.8. The molecule has 0 heterocycles. The minimum absolute atomic E-state index is 0.129. The fourth-order valence-electron chi connectivity index (χ4n) is 2.59. The lowest BCUT2D eigenvalue weighted by Crippen LogP contribution is -2.44. The fourth-order valence-corrected chi connectivity index (χ4v) is 3.94. The Morgan fingerprint density at radius 1 is 1.26 bits per heavy atom. The van der Waals surface area contributed by atoms with Gasteiger partial charge in [0.15, 0.2) is 0 Å². The molecule has 4 heteroatoms. The second kappa shape index (κ2) is 6.80.